The first-order valence-electron chi connectivity index (χ1n) is 4.27. The van der Waals surface area contributed by atoms with Crippen molar-refractivity contribution in [2.75, 3.05) is 0 Å². The maximum Gasteiger partial charge on any atom is 0.235 e. The van der Waals surface area contributed by atoms with Crippen LogP contribution in [0.4, 0.5) is 0 Å². The van der Waals surface area contributed by atoms with Crippen molar-refractivity contribution < 1.29 is 4.21 Å². The summed E-state index contributed by atoms with van der Waals surface area (Å²) in [5, 5.41) is 0.804. The summed E-state index contributed by atoms with van der Waals surface area (Å²) in [7, 11) is -1.20. The molecule has 0 radical (unpaired) electrons. The molecule has 0 aliphatic carbocycles. The smallest absolute Gasteiger partial charge is 0.235 e. The summed E-state index contributed by atoms with van der Waals surface area (Å²) in [4.78, 5) is 3.87. The lowest BCUT2D eigenvalue weighted by molar-refractivity contribution is 0.682. The quantitative estimate of drug-likeness (QED) is 0.873. The van der Waals surface area contributed by atoms with Crippen molar-refractivity contribution in [3.63, 3.8) is 0 Å². The molecule has 2 aromatic rings. The fraction of sp³-hybridized carbons (Fsp3) is 0.111. The molecule has 0 unspecified atom stereocenters. The van der Waals surface area contributed by atoms with Crippen molar-refractivity contribution in [1.82, 2.24) is 9.36 Å². The minimum Gasteiger partial charge on any atom is -0.251 e. The van der Waals surface area contributed by atoms with E-state index in [-0.39, 0.29) is 5.28 Å². The fourth-order valence-corrected chi connectivity index (χ4v) is 3.24. The monoisotopic (exact) mass is 292 g/mol. The Hall–Kier alpha value is -0.490. The van der Waals surface area contributed by atoms with Gasteiger partial charge in [0, 0.05) is 5.02 Å². The zero-order valence-corrected chi connectivity index (χ0v) is 11.0. The van der Waals surface area contributed by atoms with Crippen molar-refractivity contribution >= 4 is 45.5 Å². The van der Waals surface area contributed by atoms with Crippen LogP contribution in [0.3, 0.4) is 0 Å². The van der Waals surface area contributed by atoms with E-state index < -0.39 is 10.8 Å². The van der Waals surface area contributed by atoms with Crippen LogP contribution in [-0.2, 0) is 16.6 Å². The minimum absolute atomic E-state index is 0.143. The van der Waals surface area contributed by atoms with Gasteiger partial charge in [-0.15, -0.1) is 0 Å². The number of benzene rings is 1. The second-order valence-electron chi connectivity index (χ2n) is 2.95. The zero-order valence-electron chi connectivity index (χ0n) is 7.89. The number of rotatable bonds is 3. The van der Waals surface area contributed by atoms with Crippen LogP contribution in [0.5, 0.6) is 0 Å². The molecular weight excluding hydrogens is 287 g/mol. The normalized spacial score (nSPS) is 12.6. The summed E-state index contributed by atoms with van der Waals surface area (Å²) in [6.45, 7) is 0. The Kier molecular flexibility index (Phi) is 3.91. The number of hydrogen-bond donors (Lipinski definition) is 0. The summed E-state index contributed by atoms with van der Waals surface area (Å²) >= 11 is 12.4. The number of nitrogens with zero attached hydrogens (tertiary/aromatic N) is 2. The second kappa shape index (κ2) is 5.23. The molecule has 2 rings (SSSR count). The van der Waals surface area contributed by atoms with Crippen LogP contribution in [0.15, 0.2) is 28.6 Å². The zero-order chi connectivity index (χ0) is 11.5. The molecule has 0 bridgehead atoms. The van der Waals surface area contributed by atoms with E-state index in [1.807, 2.05) is 12.1 Å². The first kappa shape index (κ1) is 12.0. The van der Waals surface area contributed by atoms with Gasteiger partial charge >= 0.3 is 0 Å². The van der Waals surface area contributed by atoms with Crippen LogP contribution in [0, 0.1) is 0 Å². The number of aromatic nitrogens is 2. The summed E-state index contributed by atoms with van der Waals surface area (Å²) < 4.78 is 16.1. The van der Waals surface area contributed by atoms with Crippen LogP contribution in [0.2, 0.25) is 10.3 Å². The second-order valence-corrected chi connectivity index (χ2v) is 6.10. The highest BCUT2D eigenvalue weighted by Crippen LogP contribution is 2.17. The van der Waals surface area contributed by atoms with Gasteiger partial charge in [0.05, 0.1) is 16.6 Å². The molecule has 7 heteroatoms. The number of halogens is 2. The van der Waals surface area contributed by atoms with E-state index in [4.69, 9.17) is 23.2 Å². The molecular formula is C9H6Cl2N2OS2. The summed E-state index contributed by atoms with van der Waals surface area (Å²) in [6, 6.07) is 7.20. The molecule has 0 aliphatic heterocycles. The van der Waals surface area contributed by atoms with Crippen molar-refractivity contribution in [2.45, 2.75) is 10.1 Å². The van der Waals surface area contributed by atoms with Crippen LogP contribution < -0.4 is 0 Å². The molecule has 84 valence electrons. The van der Waals surface area contributed by atoms with Gasteiger partial charge in [-0.3, -0.25) is 4.21 Å². The molecule has 1 aromatic carbocycles. The van der Waals surface area contributed by atoms with Crippen LogP contribution in [0.25, 0.3) is 0 Å². The molecule has 0 spiro atoms. The highest BCUT2D eigenvalue weighted by Gasteiger charge is 2.10. The third-order valence-electron chi connectivity index (χ3n) is 1.79. The summed E-state index contributed by atoms with van der Waals surface area (Å²) in [5.41, 5.74) is 0.939. The predicted octanol–water partition coefficient (Wildman–Crippen LogP) is 3.15. The van der Waals surface area contributed by atoms with Gasteiger partial charge in [-0.05, 0) is 40.8 Å². The Morgan fingerprint density at radius 1 is 1.25 bits per heavy atom. The van der Waals surface area contributed by atoms with E-state index in [1.54, 1.807) is 12.1 Å². The molecule has 16 heavy (non-hydrogen) atoms. The van der Waals surface area contributed by atoms with Crippen LogP contribution >= 0.6 is 34.7 Å². The standard InChI is InChI=1S/C9H6Cl2N2OS2/c10-7-3-1-6(2-4-7)5-16(14)9-12-8(11)13-15-9/h1-4H,5H2/t16-/m0/s1. The van der Waals surface area contributed by atoms with E-state index in [0.29, 0.717) is 15.1 Å². The first-order chi connectivity index (χ1) is 7.65. The molecule has 0 amide bonds. The lowest BCUT2D eigenvalue weighted by Gasteiger charge is -1.98. The number of hydrogen-bond acceptors (Lipinski definition) is 4. The largest absolute Gasteiger partial charge is 0.251 e. The molecule has 1 aromatic heterocycles. The van der Waals surface area contributed by atoms with E-state index >= 15 is 0 Å². The van der Waals surface area contributed by atoms with Crippen molar-refractivity contribution in [2.24, 2.45) is 0 Å². The summed E-state index contributed by atoms with van der Waals surface area (Å²) in [6.07, 6.45) is 0. The molecule has 0 fully saturated rings. The van der Waals surface area contributed by atoms with Gasteiger partial charge in [0.25, 0.3) is 0 Å². The molecule has 0 N–H and O–H groups in total. The highest BCUT2D eigenvalue weighted by molar-refractivity contribution is 7.86. The Bertz CT molecular complexity index is 512. The van der Waals surface area contributed by atoms with Gasteiger partial charge < -0.3 is 0 Å². The average molecular weight is 293 g/mol. The molecule has 1 heterocycles. The maximum atomic E-state index is 11.8. The van der Waals surface area contributed by atoms with Gasteiger partial charge in [0.15, 0.2) is 0 Å². The van der Waals surface area contributed by atoms with E-state index in [0.717, 1.165) is 17.1 Å². The Balaban J connectivity index is 2.10. The lowest BCUT2D eigenvalue weighted by Crippen LogP contribution is -1.95. The maximum absolute atomic E-state index is 11.8. The van der Waals surface area contributed by atoms with E-state index in [9.17, 15) is 4.21 Å². The van der Waals surface area contributed by atoms with Crippen molar-refractivity contribution in [3.05, 3.63) is 40.1 Å². The van der Waals surface area contributed by atoms with Gasteiger partial charge in [-0.25, -0.2) is 0 Å². The fourth-order valence-electron chi connectivity index (χ4n) is 1.08. The SMILES string of the molecule is O=[S@@](Cc1ccc(Cl)cc1)c1nc(Cl)ns1. The topological polar surface area (TPSA) is 42.9 Å². The predicted molar refractivity (Wildman–Crippen MR) is 66.5 cm³/mol. The Labute approximate surface area is 109 Å². The molecule has 0 aliphatic rings. The minimum atomic E-state index is -1.20. The molecule has 0 saturated carbocycles. The van der Waals surface area contributed by atoms with Crippen molar-refractivity contribution in [1.29, 1.82) is 0 Å². The van der Waals surface area contributed by atoms with Gasteiger partial charge in [-0.1, -0.05) is 23.7 Å². The third kappa shape index (κ3) is 3.01. The third-order valence-corrected chi connectivity index (χ3v) is 4.68. The van der Waals surface area contributed by atoms with Crippen LogP contribution in [0.1, 0.15) is 5.56 Å². The molecule has 3 nitrogen and oxygen atoms in total. The van der Waals surface area contributed by atoms with E-state index in [1.165, 1.54) is 0 Å². The van der Waals surface area contributed by atoms with Crippen molar-refractivity contribution in [3.8, 4) is 0 Å². The van der Waals surface area contributed by atoms with E-state index in [2.05, 4.69) is 9.36 Å². The molecule has 1 atom stereocenters. The van der Waals surface area contributed by atoms with Gasteiger partial charge in [0.2, 0.25) is 9.62 Å². The highest BCUT2D eigenvalue weighted by atomic mass is 35.5. The Morgan fingerprint density at radius 2 is 1.94 bits per heavy atom. The lowest BCUT2D eigenvalue weighted by atomic mass is 10.2. The summed E-state index contributed by atoms with van der Waals surface area (Å²) in [5.74, 6) is 0.392. The van der Waals surface area contributed by atoms with Crippen LogP contribution in [-0.4, -0.2) is 13.6 Å². The molecule has 0 saturated heterocycles. The average Bonchev–Trinajstić information content (AvgIpc) is 2.68. The first-order valence-corrected chi connectivity index (χ1v) is 7.12. The van der Waals surface area contributed by atoms with Gasteiger partial charge in [0.1, 0.15) is 0 Å². The van der Waals surface area contributed by atoms with Gasteiger partial charge in [-0.2, -0.15) is 9.36 Å². The Morgan fingerprint density at radius 3 is 2.50 bits per heavy atom.